The summed E-state index contributed by atoms with van der Waals surface area (Å²) in [6.07, 6.45) is 0. The van der Waals surface area contributed by atoms with E-state index in [-0.39, 0.29) is 5.82 Å². The molecule has 0 amide bonds. The van der Waals surface area contributed by atoms with E-state index in [4.69, 9.17) is 4.42 Å². The largest absolute Gasteiger partial charge is 0.456 e. The Kier molecular flexibility index (Phi) is 2.80. The van der Waals surface area contributed by atoms with Gasteiger partial charge in [0.1, 0.15) is 17.0 Å². The van der Waals surface area contributed by atoms with Crippen molar-refractivity contribution in [2.24, 2.45) is 0 Å². The summed E-state index contributed by atoms with van der Waals surface area (Å²) in [5.74, 6) is -0.191. The molecule has 4 rings (SSSR count). The molecule has 22 heavy (non-hydrogen) atoms. The van der Waals surface area contributed by atoms with Crippen molar-refractivity contribution in [3.8, 4) is 11.1 Å². The fraction of sp³-hybridized carbons (Fsp3) is 0.100. The van der Waals surface area contributed by atoms with Crippen molar-refractivity contribution < 1.29 is 8.81 Å². The van der Waals surface area contributed by atoms with Gasteiger partial charge in [0.15, 0.2) is 0 Å². The zero-order valence-corrected chi connectivity index (χ0v) is 12.5. The Labute approximate surface area is 128 Å². The van der Waals surface area contributed by atoms with E-state index in [9.17, 15) is 4.39 Å². The van der Waals surface area contributed by atoms with Gasteiger partial charge in [0.25, 0.3) is 0 Å². The zero-order valence-electron chi connectivity index (χ0n) is 12.5. The molecule has 0 saturated carbocycles. The number of furan rings is 1. The van der Waals surface area contributed by atoms with Gasteiger partial charge in [0, 0.05) is 16.3 Å². The molecule has 0 spiro atoms. The van der Waals surface area contributed by atoms with Crippen LogP contribution in [0.5, 0.6) is 0 Å². The van der Waals surface area contributed by atoms with E-state index < -0.39 is 0 Å². The van der Waals surface area contributed by atoms with Gasteiger partial charge in [-0.25, -0.2) is 4.39 Å². The molecule has 3 aromatic carbocycles. The van der Waals surface area contributed by atoms with Crippen LogP contribution >= 0.6 is 0 Å². The highest BCUT2D eigenvalue weighted by Gasteiger charge is 2.12. The first-order valence-corrected chi connectivity index (χ1v) is 7.32. The summed E-state index contributed by atoms with van der Waals surface area (Å²) in [4.78, 5) is 0. The molecule has 1 aromatic heterocycles. The standard InChI is InChI=1S/C20H15FO/c1-12-6-8-18-15(10-12)16-11-14(7-9-19(16)22-18)20-13(2)4-3-5-17(20)21/h3-11H,1-2H3. The average Bonchev–Trinajstić information content (AvgIpc) is 2.84. The first kappa shape index (κ1) is 13.1. The third-order valence-electron chi connectivity index (χ3n) is 4.14. The number of hydrogen-bond donors (Lipinski definition) is 0. The fourth-order valence-corrected chi connectivity index (χ4v) is 3.04. The highest BCUT2D eigenvalue weighted by atomic mass is 19.1. The molecule has 0 aliphatic heterocycles. The lowest BCUT2D eigenvalue weighted by Gasteiger charge is -2.07. The second-order valence-corrected chi connectivity index (χ2v) is 5.74. The predicted octanol–water partition coefficient (Wildman–Crippen LogP) is 6.01. The minimum Gasteiger partial charge on any atom is -0.456 e. The summed E-state index contributed by atoms with van der Waals surface area (Å²) in [5.41, 5.74) is 5.35. The SMILES string of the molecule is Cc1ccc2oc3ccc(-c4c(C)cccc4F)cc3c2c1. The molecule has 0 aliphatic carbocycles. The smallest absolute Gasteiger partial charge is 0.135 e. The van der Waals surface area contributed by atoms with E-state index in [0.717, 1.165) is 33.1 Å². The molecule has 0 radical (unpaired) electrons. The van der Waals surface area contributed by atoms with Crippen molar-refractivity contribution in [2.45, 2.75) is 13.8 Å². The molecule has 1 nitrogen and oxygen atoms in total. The number of aryl methyl sites for hydroxylation is 2. The molecule has 4 aromatic rings. The van der Waals surface area contributed by atoms with Crippen LogP contribution in [0.4, 0.5) is 4.39 Å². The molecule has 1 heterocycles. The third-order valence-corrected chi connectivity index (χ3v) is 4.14. The monoisotopic (exact) mass is 290 g/mol. The van der Waals surface area contributed by atoms with Crippen LogP contribution in [-0.4, -0.2) is 0 Å². The molecule has 108 valence electrons. The number of benzene rings is 3. The molecule has 0 atom stereocenters. The maximum atomic E-state index is 14.2. The van der Waals surface area contributed by atoms with Crippen LogP contribution in [0.3, 0.4) is 0 Å². The zero-order chi connectivity index (χ0) is 15.3. The van der Waals surface area contributed by atoms with E-state index in [0.29, 0.717) is 5.56 Å². The molecule has 0 saturated heterocycles. The van der Waals surface area contributed by atoms with Crippen LogP contribution in [0.1, 0.15) is 11.1 Å². The van der Waals surface area contributed by atoms with Crippen molar-refractivity contribution in [1.29, 1.82) is 0 Å². The van der Waals surface area contributed by atoms with Gasteiger partial charge in [-0.15, -0.1) is 0 Å². The summed E-state index contributed by atoms with van der Waals surface area (Å²) in [6.45, 7) is 3.99. The van der Waals surface area contributed by atoms with Gasteiger partial charge in [0.2, 0.25) is 0 Å². The number of fused-ring (bicyclic) bond motifs is 3. The number of halogens is 1. The lowest BCUT2D eigenvalue weighted by Crippen LogP contribution is -1.88. The van der Waals surface area contributed by atoms with Crippen molar-refractivity contribution in [3.63, 3.8) is 0 Å². The van der Waals surface area contributed by atoms with Crippen molar-refractivity contribution in [2.75, 3.05) is 0 Å². The number of rotatable bonds is 1. The average molecular weight is 290 g/mol. The molecule has 0 bridgehead atoms. The minimum atomic E-state index is -0.191. The molecule has 0 fully saturated rings. The van der Waals surface area contributed by atoms with Crippen LogP contribution in [0.2, 0.25) is 0 Å². The van der Waals surface area contributed by atoms with Crippen LogP contribution in [0.15, 0.2) is 59.0 Å². The Morgan fingerprint density at radius 2 is 1.55 bits per heavy atom. The lowest BCUT2D eigenvalue weighted by atomic mass is 9.98. The summed E-state index contributed by atoms with van der Waals surface area (Å²) in [7, 11) is 0. The van der Waals surface area contributed by atoms with Gasteiger partial charge in [0.05, 0.1) is 0 Å². The highest BCUT2D eigenvalue weighted by Crippen LogP contribution is 2.34. The van der Waals surface area contributed by atoms with Crippen molar-refractivity contribution in [1.82, 2.24) is 0 Å². The highest BCUT2D eigenvalue weighted by molar-refractivity contribution is 6.06. The summed E-state index contributed by atoms with van der Waals surface area (Å²) < 4.78 is 20.1. The summed E-state index contributed by atoms with van der Waals surface area (Å²) in [5, 5.41) is 2.10. The first-order chi connectivity index (χ1) is 10.6. The summed E-state index contributed by atoms with van der Waals surface area (Å²) >= 11 is 0. The van der Waals surface area contributed by atoms with Gasteiger partial charge in [-0.05, 0) is 55.3 Å². The van der Waals surface area contributed by atoms with E-state index in [1.165, 1.54) is 11.6 Å². The Morgan fingerprint density at radius 1 is 0.818 bits per heavy atom. The molecule has 2 heteroatoms. The van der Waals surface area contributed by atoms with E-state index in [1.807, 2.05) is 43.3 Å². The third kappa shape index (κ3) is 1.92. The maximum absolute atomic E-state index is 14.2. The van der Waals surface area contributed by atoms with Gasteiger partial charge < -0.3 is 4.42 Å². The molecular weight excluding hydrogens is 275 g/mol. The Bertz CT molecular complexity index is 991. The van der Waals surface area contributed by atoms with Crippen LogP contribution < -0.4 is 0 Å². The molecule has 0 unspecified atom stereocenters. The van der Waals surface area contributed by atoms with E-state index in [1.54, 1.807) is 6.07 Å². The molecule has 0 aliphatic rings. The topological polar surface area (TPSA) is 13.1 Å². The van der Waals surface area contributed by atoms with Crippen LogP contribution in [0, 0.1) is 19.7 Å². The van der Waals surface area contributed by atoms with Crippen LogP contribution in [-0.2, 0) is 0 Å². The second kappa shape index (κ2) is 4.70. The van der Waals surface area contributed by atoms with E-state index in [2.05, 4.69) is 13.0 Å². The quantitative estimate of drug-likeness (QED) is 0.418. The maximum Gasteiger partial charge on any atom is 0.135 e. The minimum absolute atomic E-state index is 0.191. The first-order valence-electron chi connectivity index (χ1n) is 7.32. The van der Waals surface area contributed by atoms with Gasteiger partial charge in [-0.3, -0.25) is 0 Å². The Hall–Kier alpha value is -2.61. The predicted molar refractivity (Wildman–Crippen MR) is 88.6 cm³/mol. The van der Waals surface area contributed by atoms with Gasteiger partial charge in [-0.1, -0.05) is 29.8 Å². The van der Waals surface area contributed by atoms with Crippen LogP contribution in [0.25, 0.3) is 33.1 Å². The molecular formula is C20H15FO. The second-order valence-electron chi connectivity index (χ2n) is 5.74. The normalized spacial score (nSPS) is 11.4. The number of hydrogen-bond acceptors (Lipinski definition) is 1. The molecule has 0 N–H and O–H groups in total. The van der Waals surface area contributed by atoms with Gasteiger partial charge >= 0.3 is 0 Å². The van der Waals surface area contributed by atoms with Gasteiger partial charge in [-0.2, -0.15) is 0 Å². The lowest BCUT2D eigenvalue weighted by molar-refractivity contribution is 0.630. The van der Waals surface area contributed by atoms with Crippen molar-refractivity contribution >= 4 is 21.9 Å². The Morgan fingerprint density at radius 3 is 2.32 bits per heavy atom. The van der Waals surface area contributed by atoms with E-state index >= 15 is 0 Å². The summed E-state index contributed by atoms with van der Waals surface area (Å²) in [6, 6.07) is 17.2. The fourth-order valence-electron chi connectivity index (χ4n) is 3.04. The van der Waals surface area contributed by atoms with Crippen molar-refractivity contribution in [3.05, 3.63) is 71.5 Å². The Balaban J connectivity index is 2.04.